The fourth-order valence-electron chi connectivity index (χ4n) is 1.19. The number of hydrogen-bond donors (Lipinski definition) is 3. The van der Waals surface area contributed by atoms with Gasteiger partial charge in [-0.3, -0.25) is 0 Å². The summed E-state index contributed by atoms with van der Waals surface area (Å²) >= 11 is 12.8. The summed E-state index contributed by atoms with van der Waals surface area (Å²) in [4.78, 5) is 1.78. The maximum atomic E-state index is 4.38. The molecular weight excluding hydrogens is 228 g/mol. The molecule has 0 aliphatic heterocycles. The minimum Gasteiger partial charge on any atom is -0.150 e. The number of rotatable bonds is 2. The second-order valence-electron chi connectivity index (χ2n) is 3.45. The van der Waals surface area contributed by atoms with Crippen LogP contribution in [0.25, 0.3) is 4.91 Å². The van der Waals surface area contributed by atoms with Gasteiger partial charge in [-0.05, 0) is 29.0 Å². The molecule has 1 aromatic rings. The summed E-state index contributed by atoms with van der Waals surface area (Å²) in [7, 11) is 0. The quantitative estimate of drug-likeness (QED) is 0.634. The first kappa shape index (κ1) is 12.1. The molecule has 0 saturated heterocycles. The van der Waals surface area contributed by atoms with Crippen LogP contribution in [0.3, 0.4) is 0 Å². The molecule has 0 aromatic heterocycles. The normalized spacial score (nSPS) is 12.3. The topological polar surface area (TPSA) is 0 Å². The molecule has 0 aliphatic carbocycles. The molecule has 0 heterocycles. The zero-order chi connectivity index (χ0) is 10.7. The van der Waals surface area contributed by atoms with E-state index in [4.69, 9.17) is 0 Å². The molecule has 0 fully saturated rings. The Kier molecular flexibility index (Phi) is 4.48. The Morgan fingerprint density at radius 2 is 2.00 bits per heavy atom. The molecule has 0 saturated carbocycles. The van der Waals surface area contributed by atoms with E-state index < -0.39 is 0 Å². The van der Waals surface area contributed by atoms with Crippen molar-refractivity contribution in [1.29, 1.82) is 0 Å². The number of thiol groups is 3. The number of benzene rings is 1. The van der Waals surface area contributed by atoms with Crippen molar-refractivity contribution in [3.63, 3.8) is 0 Å². The zero-order valence-corrected chi connectivity index (χ0v) is 10.9. The highest BCUT2D eigenvalue weighted by Gasteiger charge is 2.05. The van der Waals surface area contributed by atoms with Gasteiger partial charge in [-0.2, -0.15) is 12.6 Å². The molecule has 3 heteroatoms. The number of hydrogen-bond acceptors (Lipinski definition) is 3. The first-order valence-electron chi connectivity index (χ1n) is 4.43. The van der Waals surface area contributed by atoms with E-state index in [2.05, 4.69) is 63.9 Å². The van der Waals surface area contributed by atoms with Gasteiger partial charge in [0.1, 0.15) is 0 Å². The van der Waals surface area contributed by atoms with Crippen molar-refractivity contribution >= 4 is 42.8 Å². The average molecular weight is 242 g/mol. The smallest absolute Gasteiger partial charge is 0.0184 e. The standard InChI is InChI=1S/C11H14S3/c1-7(2)8-3-4-10(13)9(5-8)11(14)6-12/h3-7,12-14H,1-2H3/b11-6-. The third-order valence-corrected chi connectivity index (χ3v) is 3.31. The molecule has 0 nitrogen and oxygen atoms in total. The average Bonchev–Trinajstić information content (AvgIpc) is 2.17. The SMILES string of the molecule is CC(C)c1ccc(S)c(/C(S)=C/S)c1. The maximum Gasteiger partial charge on any atom is 0.0184 e. The van der Waals surface area contributed by atoms with E-state index in [9.17, 15) is 0 Å². The minimum absolute atomic E-state index is 0.517. The third-order valence-electron chi connectivity index (χ3n) is 2.09. The van der Waals surface area contributed by atoms with E-state index in [0.717, 1.165) is 15.4 Å². The molecule has 0 unspecified atom stereocenters. The van der Waals surface area contributed by atoms with Gasteiger partial charge in [0.05, 0.1) is 0 Å². The molecule has 0 aliphatic rings. The fourth-order valence-corrected chi connectivity index (χ4v) is 1.86. The summed E-state index contributed by atoms with van der Waals surface area (Å²) in [6.07, 6.45) is 0. The van der Waals surface area contributed by atoms with E-state index in [1.807, 2.05) is 6.07 Å². The monoisotopic (exact) mass is 242 g/mol. The van der Waals surface area contributed by atoms with Gasteiger partial charge in [-0.15, -0.1) is 25.3 Å². The van der Waals surface area contributed by atoms with Gasteiger partial charge in [-0.25, -0.2) is 0 Å². The molecular formula is C11H14S3. The Hall–Kier alpha value is 0.01000. The van der Waals surface area contributed by atoms with E-state index in [0.29, 0.717) is 5.92 Å². The zero-order valence-electron chi connectivity index (χ0n) is 8.23. The Labute approximate surface area is 102 Å². The molecule has 0 atom stereocenters. The molecule has 0 N–H and O–H groups in total. The Balaban J connectivity index is 3.22. The first-order valence-corrected chi connectivity index (χ1v) is 5.84. The summed E-state index contributed by atoms with van der Waals surface area (Å²) in [6, 6.07) is 6.21. The van der Waals surface area contributed by atoms with Crippen LogP contribution < -0.4 is 0 Å². The lowest BCUT2D eigenvalue weighted by Crippen LogP contribution is -1.90. The van der Waals surface area contributed by atoms with Gasteiger partial charge in [0.2, 0.25) is 0 Å². The van der Waals surface area contributed by atoms with Crippen LogP contribution in [-0.4, -0.2) is 0 Å². The molecule has 76 valence electrons. The Bertz CT molecular complexity index is 354. The highest BCUT2D eigenvalue weighted by Crippen LogP contribution is 2.29. The summed E-state index contributed by atoms with van der Waals surface area (Å²) in [5, 5.41) is 1.68. The van der Waals surface area contributed by atoms with Crippen LogP contribution in [0.15, 0.2) is 28.5 Å². The molecule has 1 aromatic carbocycles. The van der Waals surface area contributed by atoms with Crippen molar-refractivity contribution in [2.24, 2.45) is 0 Å². The fraction of sp³-hybridized carbons (Fsp3) is 0.273. The van der Waals surface area contributed by atoms with Crippen LogP contribution in [0.4, 0.5) is 0 Å². The van der Waals surface area contributed by atoms with Crippen LogP contribution >= 0.6 is 37.9 Å². The van der Waals surface area contributed by atoms with E-state index >= 15 is 0 Å². The molecule has 14 heavy (non-hydrogen) atoms. The van der Waals surface area contributed by atoms with Gasteiger partial charge in [0.15, 0.2) is 0 Å². The largest absolute Gasteiger partial charge is 0.150 e. The third kappa shape index (κ3) is 2.75. The highest BCUT2D eigenvalue weighted by molar-refractivity contribution is 7.93. The lowest BCUT2D eigenvalue weighted by molar-refractivity contribution is 0.864. The second-order valence-corrected chi connectivity index (χ2v) is 4.67. The molecule has 0 amide bonds. The summed E-state index contributed by atoms with van der Waals surface area (Å²) in [5.74, 6) is 0.517. The second kappa shape index (κ2) is 5.19. The summed E-state index contributed by atoms with van der Waals surface area (Å²) in [5.41, 5.74) is 2.33. The van der Waals surface area contributed by atoms with Crippen LogP contribution in [0.5, 0.6) is 0 Å². The van der Waals surface area contributed by atoms with Crippen LogP contribution in [-0.2, 0) is 0 Å². The van der Waals surface area contributed by atoms with Crippen LogP contribution in [0, 0.1) is 0 Å². The van der Waals surface area contributed by atoms with Crippen LogP contribution in [0.2, 0.25) is 0 Å². The predicted molar refractivity (Wildman–Crippen MR) is 73.7 cm³/mol. The Morgan fingerprint density at radius 3 is 2.50 bits per heavy atom. The maximum absolute atomic E-state index is 4.38. The van der Waals surface area contributed by atoms with Crippen molar-refractivity contribution in [3.8, 4) is 0 Å². The lowest BCUT2D eigenvalue weighted by Gasteiger charge is -2.10. The molecule has 0 bridgehead atoms. The van der Waals surface area contributed by atoms with Gasteiger partial charge in [0, 0.05) is 15.4 Å². The minimum atomic E-state index is 0.517. The predicted octanol–water partition coefficient (Wildman–Crippen LogP) is 4.26. The summed E-state index contributed by atoms with van der Waals surface area (Å²) < 4.78 is 0. The van der Waals surface area contributed by atoms with E-state index in [-0.39, 0.29) is 0 Å². The van der Waals surface area contributed by atoms with Crippen molar-refractivity contribution in [3.05, 3.63) is 34.7 Å². The van der Waals surface area contributed by atoms with Gasteiger partial charge < -0.3 is 0 Å². The van der Waals surface area contributed by atoms with Gasteiger partial charge in [0.25, 0.3) is 0 Å². The first-order chi connectivity index (χ1) is 6.56. The Morgan fingerprint density at radius 1 is 1.36 bits per heavy atom. The van der Waals surface area contributed by atoms with E-state index in [1.165, 1.54) is 5.56 Å². The van der Waals surface area contributed by atoms with Crippen molar-refractivity contribution < 1.29 is 0 Å². The van der Waals surface area contributed by atoms with Crippen molar-refractivity contribution in [1.82, 2.24) is 0 Å². The molecule has 0 spiro atoms. The van der Waals surface area contributed by atoms with Crippen molar-refractivity contribution in [2.45, 2.75) is 24.7 Å². The molecule has 1 rings (SSSR count). The van der Waals surface area contributed by atoms with Gasteiger partial charge in [-0.1, -0.05) is 19.9 Å². The summed E-state index contributed by atoms with van der Waals surface area (Å²) in [6.45, 7) is 4.33. The van der Waals surface area contributed by atoms with E-state index in [1.54, 1.807) is 5.41 Å². The van der Waals surface area contributed by atoms with Crippen molar-refractivity contribution in [2.75, 3.05) is 0 Å². The lowest BCUT2D eigenvalue weighted by atomic mass is 10.0. The van der Waals surface area contributed by atoms with Gasteiger partial charge >= 0.3 is 0 Å². The molecule has 0 radical (unpaired) electrons. The highest BCUT2D eigenvalue weighted by atomic mass is 32.1. The van der Waals surface area contributed by atoms with Crippen LogP contribution in [0.1, 0.15) is 30.9 Å².